The lowest BCUT2D eigenvalue weighted by molar-refractivity contribution is -0.119. The lowest BCUT2D eigenvalue weighted by Crippen LogP contribution is -2.29. The molecule has 0 spiro atoms. The molecule has 1 fully saturated rings. The number of nitrogens with zero attached hydrogens (tertiary/aromatic N) is 2. The average molecular weight is 444 g/mol. The number of nitrogens with one attached hydrogen (secondary N) is 1. The molecule has 1 aromatic heterocycles. The van der Waals surface area contributed by atoms with Crippen LogP contribution in [0.1, 0.15) is 53.7 Å². The van der Waals surface area contributed by atoms with E-state index in [4.69, 9.17) is 9.72 Å². The first kappa shape index (κ1) is 21.4. The largest absolute Gasteiger partial charge is 0.452 e. The van der Waals surface area contributed by atoms with E-state index in [0.717, 1.165) is 60.9 Å². The van der Waals surface area contributed by atoms with E-state index in [0.29, 0.717) is 11.3 Å². The van der Waals surface area contributed by atoms with Crippen molar-refractivity contribution in [2.45, 2.75) is 44.9 Å². The van der Waals surface area contributed by atoms with Crippen LogP contribution in [0.15, 0.2) is 48.5 Å². The summed E-state index contributed by atoms with van der Waals surface area (Å²) in [7, 11) is 0. The second-order valence-electron chi connectivity index (χ2n) is 8.86. The average Bonchev–Trinajstić information content (AvgIpc) is 2.87. The Labute approximate surface area is 194 Å². The number of anilines is 2. The van der Waals surface area contributed by atoms with E-state index in [9.17, 15) is 9.59 Å². The molecule has 0 unspecified atom stereocenters. The van der Waals surface area contributed by atoms with E-state index in [1.807, 2.05) is 48.5 Å². The van der Waals surface area contributed by atoms with Crippen LogP contribution in [-0.2, 0) is 22.4 Å². The van der Waals surface area contributed by atoms with Crippen LogP contribution < -0.4 is 10.2 Å². The van der Waals surface area contributed by atoms with Gasteiger partial charge in [0.15, 0.2) is 6.61 Å². The van der Waals surface area contributed by atoms with Crippen molar-refractivity contribution in [1.82, 2.24) is 4.98 Å². The molecule has 0 atom stereocenters. The number of aromatic nitrogens is 1. The van der Waals surface area contributed by atoms with Crippen LogP contribution in [0.4, 0.5) is 11.4 Å². The predicted octanol–water partition coefficient (Wildman–Crippen LogP) is 4.90. The number of aryl methyl sites for hydroxylation is 1. The second kappa shape index (κ2) is 9.61. The van der Waals surface area contributed by atoms with Crippen LogP contribution in [0, 0.1) is 0 Å². The van der Waals surface area contributed by atoms with Crippen molar-refractivity contribution >= 4 is 34.2 Å². The molecule has 0 saturated carbocycles. The van der Waals surface area contributed by atoms with Gasteiger partial charge >= 0.3 is 5.97 Å². The van der Waals surface area contributed by atoms with E-state index in [1.165, 1.54) is 24.9 Å². The van der Waals surface area contributed by atoms with Crippen molar-refractivity contribution in [3.8, 4) is 0 Å². The van der Waals surface area contributed by atoms with Crippen molar-refractivity contribution in [2.75, 3.05) is 29.9 Å². The Morgan fingerprint density at radius 2 is 1.67 bits per heavy atom. The number of piperidine rings is 1. The SMILES string of the molecule is O=C(COC(=O)c1c2c(nc3ccccc13)CCCC2)Nc1ccc(N2CCCCC2)cc1. The van der Waals surface area contributed by atoms with Crippen LogP contribution in [0.2, 0.25) is 0 Å². The van der Waals surface area contributed by atoms with Crippen LogP contribution in [-0.4, -0.2) is 36.6 Å². The second-order valence-corrected chi connectivity index (χ2v) is 8.86. The van der Waals surface area contributed by atoms with Crippen molar-refractivity contribution in [1.29, 1.82) is 0 Å². The summed E-state index contributed by atoms with van der Waals surface area (Å²) in [6, 6.07) is 15.5. The van der Waals surface area contributed by atoms with Gasteiger partial charge in [-0.05, 0) is 80.8 Å². The van der Waals surface area contributed by atoms with E-state index < -0.39 is 5.97 Å². The third-order valence-corrected chi connectivity index (χ3v) is 6.58. The summed E-state index contributed by atoms with van der Waals surface area (Å²) in [5.74, 6) is -0.802. The molecule has 1 amide bonds. The normalized spacial score (nSPS) is 15.7. The Morgan fingerprint density at radius 1 is 0.909 bits per heavy atom. The number of amides is 1. The molecule has 2 aromatic carbocycles. The zero-order valence-corrected chi connectivity index (χ0v) is 18.8. The van der Waals surface area contributed by atoms with Gasteiger partial charge < -0.3 is 15.0 Å². The highest BCUT2D eigenvalue weighted by molar-refractivity contribution is 6.06. The Bertz CT molecular complexity index is 1170. The first-order valence-electron chi connectivity index (χ1n) is 11.9. The summed E-state index contributed by atoms with van der Waals surface area (Å²) in [5.41, 5.74) is 5.18. The minimum absolute atomic E-state index is 0.321. The summed E-state index contributed by atoms with van der Waals surface area (Å²) in [6.45, 7) is 1.84. The number of pyridine rings is 1. The molecular formula is C27H29N3O3. The molecule has 1 aliphatic heterocycles. The third-order valence-electron chi connectivity index (χ3n) is 6.58. The maximum Gasteiger partial charge on any atom is 0.339 e. The topological polar surface area (TPSA) is 71.5 Å². The molecule has 3 aromatic rings. The first-order chi connectivity index (χ1) is 16.2. The number of esters is 1. The highest BCUT2D eigenvalue weighted by Crippen LogP contribution is 2.30. The standard InChI is InChI=1S/C27H29N3O3/c31-25(28-19-12-14-20(15-13-19)30-16-6-1-7-17-30)18-33-27(32)26-21-8-2-4-10-23(21)29-24-11-5-3-9-22(24)26/h2,4,8,10,12-15H,1,3,5-7,9,11,16-18H2,(H,28,31). The van der Waals surface area contributed by atoms with Gasteiger partial charge in [0.1, 0.15) is 0 Å². The van der Waals surface area contributed by atoms with E-state index in [2.05, 4.69) is 10.2 Å². The summed E-state index contributed by atoms with van der Waals surface area (Å²) in [6.07, 6.45) is 7.52. The lowest BCUT2D eigenvalue weighted by Gasteiger charge is -2.28. The minimum Gasteiger partial charge on any atom is -0.452 e. The number of hydrogen-bond donors (Lipinski definition) is 1. The fourth-order valence-electron chi connectivity index (χ4n) is 4.91. The highest BCUT2D eigenvalue weighted by atomic mass is 16.5. The highest BCUT2D eigenvalue weighted by Gasteiger charge is 2.24. The summed E-state index contributed by atoms with van der Waals surface area (Å²) >= 11 is 0. The zero-order chi connectivity index (χ0) is 22.6. The molecular weight excluding hydrogens is 414 g/mol. The number of rotatable bonds is 5. The van der Waals surface area contributed by atoms with Gasteiger partial charge in [-0.15, -0.1) is 0 Å². The maximum absolute atomic E-state index is 13.1. The number of carbonyl (C=O) groups excluding carboxylic acids is 2. The number of fused-ring (bicyclic) bond motifs is 2. The van der Waals surface area contributed by atoms with Crippen LogP contribution in [0.25, 0.3) is 10.9 Å². The number of hydrogen-bond acceptors (Lipinski definition) is 5. The predicted molar refractivity (Wildman–Crippen MR) is 130 cm³/mol. The Kier molecular flexibility index (Phi) is 6.24. The van der Waals surface area contributed by atoms with Crippen LogP contribution in [0.3, 0.4) is 0 Å². The smallest absolute Gasteiger partial charge is 0.339 e. The Balaban J connectivity index is 1.25. The Morgan fingerprint density at radius 3 is 2.48 bits per heavy atom. The van der Waals surface area contributed by atoms with Gasteiger partial charge in [0, 0.05) is 35.5 Å². The fourth-order valence-corrected chi connectivity index (χ4v) is 4.91. The summed E-state index contributed by atoms with van der Waals surface area (Å²) in [5, 5.41) is 3.62. The minimum atomic E-state index is -0.456. The molecule has 170 valence electrons. The molecule has 2 heterocycles. The molecule has 0 radical (unpaired) electrons. The van der Waals surface area contributed by atoms with Gasteiger partial charge in [-0.1, -0.05) is 18.2 Å². The Hall–Kier alpha value is -3.41. The summed E-state index contributed by atoms with van der Waals surface area (Å²) < 4.78 is 5.47. The van der Waals surface area contributed by atoms with Crippen molar-refractivity contribution in [3.63, 3.8) is 0 Å². The lowest BCUT2D eigenvalue weighted by atomic mass is 9.90. The molecule has 6 heteroatoms. The fraction of sp³-hybridized carbons (Fsp3) is 0.370. The van der Waals surface area contributed by atoms with Gasteiger partial charge in [-0.25, -0.2) is 4.79 Å². The quantitative estimate of drug-likeness (QED) is 0.568. The van der Waals surface area contributed by atoms with Crippen molar-refractivity contribution < 1.29 is 14.3 Å². The van der Waals surface area contributed by atoms with Gasteiger partial charge in [0.05, 0.1) is 11.1 Å². The van der Waals surface area contributed by atoms with E-state index in [-0.39, 0.29) is 12.5 Å². The number of benzene rings is 2. The molecule has 1 aliphatic carbocycles. The molecule has 6 nitrogen and oxygen atoms in total. The van der Waals surface area contributed by atoms with Gasteiger partial charge in [-0.3, -0.25) is 9.78 Å². The molecule has 5 rings (SSSR count). The molecule has 0 bridgehead atoms. The number of para-hydroxylation sites is 1. The maximum atomic E-state index is 13.1. The van der Waals surface area contributed by atoms with Crippen LogP contribution >= 0.6 is 0 Å². The van der Waals surface area contributed by atoms with E-state index in [1.54, 1.807) is 0 Å². The zero-order valence-electron chi connectivity index (χ0n) is 18.8. The molecule has 1 N–H and O–H groups in total. The van der Waals surface area contributed by atoms with Gasteiger partial charge in [0.2, 0.25) is 0 Å². The number of ether oxygens (including phenoxy) is 1. The van der Waals surface area contributed by atoms with Crippen molar-refractivity contribution in [3.05, 3.63) is 65.4 Å². The van der Waals surface area contributed by atoms with Gasteiger partial charge in [0.25, 0.3) is 5.91 Å². The van der Waals surface area contributed by atoms with Crippen molar-refractivity contribution in [2.24, 2.45) is 0 Å². The monoisotopic (exact) mass is 443 g/mol. The number of carbonyl (C=O) groups is 2. The van der Waals surface area contributed by atoms with Crippen LogP contribution in [0.5, 0.6) is 0 Å². The third kappa shape index (κ3) is 4.70. The van der Waals surface area contributed by atoms with Gasteiger partial charge in [-0.2, -0.15) is 0 Å². The first-order valence-corrected chi connectivity index (χ1v) is 11.9. The molecule has 1 saturated heterocycles. The van der Waals surface area contributed by atoms with E-state index >= 15 is 0 Å². The molecule has 2 aliphatic rings. The molecule has 33 heavy (non-hydrogen) atoms. The summed E-state index contributed by atoms with van der Waals surface area (Å²) in [4.78, 5) is 32.7.